The molecule has 0 unspecified atom stereocenters. The van der Waals surface area contributed by atoms with Gasteiger partial charge in [-0.3, -0.25) is 4.98 Å². The van der Waals surface area contributed by atoms with Gasteiger partial charge in [-0.1, -0.05) is 6.07 Å². The van der Waals surface area contributed by atoms with Crippen LogP contribution in [-0.2, 0) is 16.1 Å². The van der Waals surface area contributed by atoms with E-state index in [0.29, 0.717) is 13.2 Å². The van der Waals surface area contributed by atoms with Crippen LogP contribution in [0.1, 0.15) is 17.4 Å². The molecule has 0 aromatic carbocycles. The van der Waals surface area contributed by atoms with Gasteiger partial charge in [-0.05, 0) is 12.1 Å². The average molecular weight is 274 g/mol. The maximum absolute atomic E-state index is 5.24. The van der Waals surface area contributed by atoms with Crippen LogP contribution in [0, 0.1) is 0 Å². The van der Waals surface area contributed by atoms with E-state index in [-0.39, 0.29) is 6.04 Å². The molecule has 0 amide bonds. The van der Waals surface area contributed by atoms with Gasteiger partial charge >= 0.3 is 0 Å². The van der Waals surface area contributed by atoms with Crippen LogP contribution in [0.15, 0.2) is 36.8 Å². The molecule has 6 nitrogen and oxygen atoms in total. The minimum Gasteiger partial charge on any atom is -0.382 e. The van der Waals surface area contributed by atoms with Gasteiger partial charge in [0.2, 0.25) is 0 Å². The molecule has 2 rings (SSSR count). The smallest absolute Gasteiger partial charge is 0.130 e. The van der Waals surface area contributed by atoms with E-state index < -0.39 is 0 Å². The van der Waals surface area contributed by atoms with E-state index in [4.69, 9.17) is 9.47 Å². The zero-order valence-electron chi connectivity index (χ0n) is 11.6. The molecule has 106 valence electrons. The van der Waals surface area contributed by atoms with Crippen LogP contribution in [0.4, 0.5) is 5.82 Å². The van der Waals surface area contributed by atoms with Crippen LogP contribution in [0.2, 0.25) is 0 Å². The summed E-state index contributed by atoms with van der Waals surface area (Å²) in [5.74, 6) is 0.722. The monoisotopic (exact) mass is 274 g/mol. The first-order valence-electron chi connectivity index (χ1n) is 6.29. The number of pyridine rings is 1. The van der Waals surface area contributed by atoms with Crippen LogP contribution < -0.4 is 5.32 Å². The predicted molar refractivity (Wildman–Crippen MR) is 75.2 cm³/mol. The number of nitrogens with zero attached hydrogens (tertiary/aromatic N) is 3. The number of nitrogens with one attached hydrogen (secondary N) is 1. The van der Waals surface area contributed by atoms with Gasteiger partial charge in [0.25, 0.3) is 0 Å². The van der Waals surface area contributed by atoms with Gasteiger partial charge < -0.3 is 14.8 Å². The Morgan fingerprint density at radius 2 is 2.05 bits per heavy atom. The van der Waals surface area contributed by atoms with Gasteiger partial charge in [-0.15, -0.1) is 0 Å². The Morgan fingerprint density at radius 3 is 2.75 bits per heavy atom. The molecule has 2 heterocycles. The minimum absolute atomic E-state index is 0.0634. The molecular weight excluding hydrogens is 256 g/mol. The second kappa shape index (κ2) is 7.52. The standard InChI is InChI=1S/C14H18N4O2/c1-19-8-11-7-14(17-10-16-11)18-13(9-20-2)12-5-3-4-6-15-12/h3-7,10,13H,8-9H2,1-2H3,(H,16,17,18)/t13-/m0/s1. The minimum atomic E-state index is -0.0634. The fourth-order valence-electron chi connectivity index (χ4n) is 1.83. The number of methoxy groups -OCH3 is 2. The third-order valence-electron chi connectivity index (χ3n) is 2.72. The van der Waals surface area contributed by atoms with Crippen molar-refractivity contribution in [3.8, 4) is 0 Å². The van der Waals surface area contributed by atoms with Crippen LogP contribution >= 0.6 is 0 Å². The van der Waals surface area contributed by atoms with Crippen molar-refractivity contribution in [1.82, 2.24) is 15.0 Å². The lowest BCUT2D eigenvalue weighted by Gasteiger charge is -2.18. The second-order valence-corrected chi connectivity index (χ2v) is 4.23. The van der Waals surface area contributed by atoms with Crippen LogP contribution in [0.25, 0.3) is 0 Å². The molecule has 0 saturated carbocycles. The van der Waals surface area contributed by atoms with Gasteiger partial charge in [0, 0.05) is 26.5 Å². The first-order valence-corrected chi connectivity index (χ1v) is 6.29. The lowest BCUT2D eigenvalue weighted by atomic mass is 10.2. The van der Waals surface area contributed by atoms with Crippen molar-refractivity contribution in [3.05, 3.63) is 48.2 Å². The predicted octanol–water partition coefficient (Wildman–Crippen LogP) is 1.82. The van der Waals surface area contributed by atoms with Crippen molar-refractivity contribution in [2.24, 2.45) is 0 Å². The molecule has 0 fully saturated rings. The summed E-state index contributed by atoms with van der Waals surface area (Å²) in [4.78, 5) is 12.7. The van der Waals surface area contributed by atoms with Gasteiger partial charge in [0.15, 0.2) is 0 Å². The molecule has 0 bridgehead atoms. The third-order valence-corrected chi connectivity index (χ3v) is 2.72. The maximum Gasteiger partial charge on any atom is 0.130 e. The number of anilines is 1. The Hall–Kier alpha value is -2.05. The van der Waals surface area contributed by atoms with Gasteiger partial charge in [-0.25, -0.2) is 9.97 Å². The molecule has 6 heteroatoms. The lowest BCUT2D eigenvalue weighted by Crippen LogP contribution is -2.18. The first kappa shape index (κ1) is 14.4. The number of aromatic nitrogens is 3. The summed E-state index contributed by atoms with van der Waals surface area (Å²) in [6, 6.07) is 7.58. The topological polar surface area (TPSA) is 69.2 Å². The largest absolute Gasteiger partial charge is 0.382 e. The number of rotatable bonds is 7. The highest BCUT2D eigenvalue weighted by atomic mass is 16.5. The van der Waals surface area contributed by atoms with Crippen LogP contribution in [0.5, 0.6) is 0 Å². The van der Waals surface area contributed by atoms with Gasteiger partial charge in [0.1, 0.15) is 12.1 Å². The van der Waals surface area contributed by atoms with Gasteiger partial charge in [-0.2, -0.15) is 0 Å². The molecule has 0 aliphatic heterocycles. The molecule has 2 aromatic rings. The molecule has 20 heavy (non-hydrogen) atoms. The number of hydrogen-bond donors (Lipinski definition) is 1. The van der Waals surface area contributed by atoms with E-state index in [0.717, 1.165) is 17.2 Å². The van der Waals surface area contributed by atoms with Crippen LogP contribution in [0.3, 0.4) is 0 Å². The lowest BCUT2D eigenvalue weighted by molar-refractivity contribution is 0.181. The van der Waals surface area contributed by atoms with E-state index >= 15 is 0 Å². The Balaban J connectivity index is 2.14. The molecule has 1 N–H and O–H groups in total. The van der Waals surface area contributed by atoms with Crippen molar-refractivity contribution >= 4 is 5.82 Å². The molecule has 0 aliphatic rings. The SMILES string of the molecule is COCc1cc(N[C@@H](COC)c2ccccn2)ncn1. The summed E-state index contributed by atoms with van der Waals surface area (Å²) in [5.41, 5.74) is 1.73. The van der Waals surface area contributed by atoms with Crippen molar-refractivity contribution in [3.63, 3.8) is 0 Å². The third kappa shape index (κ3) is 3.97. The Bertz CT molecular complexity index is 522. The quantitative estimate of drug-likeness (QED) is 0.830. The summed E-state index contributed by atoms with van der Waals surface area (Å²) >= 11 is 0. The van der Waals surface area contributed by atoms with E-state index in [2.05, 4.69) is 20.3 Å². The molecule has 1 atom stereocenters. The van der Waals surface area contributed by atoms with E-state index in [9.17, 15) is 0 Å². The molecule has 0 spiro atoms. The van der Waals surface area contributed by atoms with Crippen molar-refractivity contribution in [1.29, 1.82) is 0 Å². The molecule has 0 saturated heterocycles. The number of hydrogen-bond acceptors (Lipinski definition) is 6. The molecular formula is C14H18N4O2. The number of ether oxygens (including phenoxy) is 2. The fourth-order valence-corrected chi connectivity index (χ4v) is 1.83. The van der Waals surface area contributed by atoms with Crippen molar-refractivity contribution in [2.45, 2.75) is 12.6 Å². The summed E-state index contributed by atoms with van der Waals surface area (Å²) < 4.78 is 10.3. The van der Waals surface area contributed by atoms with E-state index in [1.165, 1.54) is 6.33 Å². The zero-order chi connectivity index (χ0) is 14.2. The second-order valence-electron chi connectivity index (χ2n) is 4.23. The molecule has 0 radical (unpaired) electrons. The summed E-state index contributed by atoms with van der Waals surface area (Å²) in [6.07, 6.45) is 3.27. The van der Waals surface area contributed by atoms with Crippen molar-refractivity contribution < 1.29 is 9.47 Å². The van der Waals surface area contributed by atoms with E-state index in [1.807, 2.05) is 24.3 Å². The normalized spacial score (nSPS) is 12.1. The Kier molecular flexibility index (Phi) is 5.40. The average Bonchev–Trinajstić information content (AvgIpc) is 2.48. The van der Waals surface area contributed by atoms with Crippen molar-refractivity contribution in [2.75, 3.05) is 26.1 Å². The Morgan fingerprint density at radius 1 is 1.15 bits per heavy atom. The summed E-state index contributed by atoms with van der Waals surface area (Å²) in [6.45, 7) is 0.955. The summed E-state index contributed by atoms with van der Waals surface area (Å²) in [7, 11) is 3.30. The maximum atomic E-state index is 5.24. The fraction of sp³-hybridized carbons (Fsp3) is 0.357. The first-order chi connectivity index (χ1) is 9.83. The Labute approximate surface area is 118 Å². The highest BCUT2D eigenvalue weighted by molar-refractivity contribution is 5.37. The van der Waals surface area contributed by atoms with E-state index in [1.54, 1.807) is 20.4 Å². The summed E-state index contributed by atoms with van der Waals surface area (Å²) in [5, 5.41) is 3.30. The molecule has 0 aliphatic carbocycles. The zero-order valence-corrected chi connectivity index (χ0v) is 11.6. The van der Waals surface area contributed by atoms with Gasteiger partial charge in [0.05, 0.1) is 30.6 Å². The highest BCUT2D eigenvalue weighted by Crippen LogP contribution is 2.17. The van der Waals surface area contributed by atoms with Crippen LogP contribution in [-0.4, -0.2) is 35.8 Å². The molecule has 2 aromatic heterocycles. The highest BCUT2D eigenvalue weighted by Gasteiger charge is 2.13.